The van der Waals surface area contributed by atoms with E-state index in [0.717, 1.165) is 18.2 Å². The lowest BCUT2D eigenvalue weighted by Crippen LogP contribution is -2.14. The Bertz CT molecular complexity index is 692. The van der Waals surface area contributed by atoms with Crippen molar-refractivity contribution in [3.8, 4) is 0 Å². The van der Waals surface area contributed by atoms with E-state index in [4.69, 9.17) is 0 Å². The lowest BCUT2D eigenvalue weighted by molar-refractivity contribution is -0.383. The molecule has 9 heteroatoms. The number of nitro groups is 1. The molecule has 0 saturated carbocycles. The van der Waals surface area contributed by atoms with Crippen LogP contribution in [0.5, 0.6) is 0 Å². The minimum atomic E-state index is -4.93. The van der Waals surface area contributed by atoms with Crippen molar-refractivity contribution in [2.45, 2.75) is 6.18 Å². The highest BCUT2D eigenvalue weighted by molar-refractivity contribution is 5.86. The zero-order valence-electron chi connectivity index (χ0n) is 8.39. The zero-order chi connectivity index (χ0) is 13.5. The third-order valence-corrected chi connectivity index (χ3v) is 2.08. The van der Waals surface area contributed by atoms with Crippen LogP contribution in [0.3, 0.4) is 0 Å². The second kappa shape index (κ2) is 3.79. The third kappa shape index (κ3) is 1.90. The van der Waals surface area contributed by atoms with Crippen LogP contribution in [-0.2, 0) is 6.18 Å². The first kappa shape index (κ1) is 12.0. The topological polar surface area (TPSA) is 86.2 Å². The lowest BCUT2D eigenvalue weighted by atomic mass is 10.2. The Morgan fingerprint density at radius 1 is 1.33 bits per heavy atom. The summed E-state index contributed by atoms with van der Waals surface area (Å²) < 4.78 is 40.9. The summed E-state index contributed by atoms with van der Waals surface area (Å²) in [6.45, 7) is 0. The monoisotopic (exact) mass is 260 g/mol. The minimum Gasteiger partial charge on any atom is -0.398 e. The van der Waals surface area contributed by atoms with Gasteiger partial charge in [0.05, 0.1) is 10.4 Å². The van der Waals surface area contributed by atoms with Crippen molar-refractivity contribution in [3.05, 3.63) is 44.6 Å². The van der Waals surface area contributed by atoms with Crippen molar-refractivity contribution < 1.29 is 22.5 Å². The summed E-state index contributed by atoms with van der Waals surface area (Å²) in [5, 5.41) is 10.0. The smallest absolute Gasteiger partial charge is 0.398 e. The maximum atomic E-state index is 12.3. The van der Waals surface area contributed by atoms with Crippen LogP contribution in [0.25, 0.3) is 10.9 Å². The number of benzene rings is 1. The molecule has 94 valence electrons. The van der Waals surface area contributed by atoms with E-state index in [-0.39, 0.29) is 0 Å². The molecule has 0 aliphatic heterocycles. The van der Waals surface area contributed by atoms with Crippen LogP contribution in [0, 0.1) is 10.1 Å². The number of hydrogen-bond acceptors (Lipinski definition) is 5. The predicted octanol–water partition coefficient (Wildman–Crippen LogP) is 2.12. The van der Waals surface area contributed by atoms with Gasteiger partial charge in [-0.3, -0.25) is 10.1 Å². The first-order chi connectivity index (χ1) is 8.30. The van der Waals surface area contributed by atoms with Crippen molar-refractivity contribution in [1.29, 1.82) is 0 Å². The van der Waals surface area contributed by atoms with Gasteiger partial charge in [0.2, 0.25) is 0 Å². The van der Waals surface area contributed by atoms with Crippen LogP contribution in [0.4, 0.5) is 18.9 Å². The molecule has 0 bridgehead atoms. The maximum absolute atomic E-state index is 12.3. The fourth-order valence-corrected chi connectivity index (χ4v) is 1.38. The van der Waals surface area contributed by atoms with Gasteiger partial charge in [-0.05, 0) is 6.07 Å². The second-order valence-electron chi connectivity index (χ2n) is 3.23. The summed E-state index contributed by atoms with van der Waals surface area (Å²) in [6, 6.07) is 3.18. The molecule has 0 aliphatic rings. The molecule has 1 aromatic heterocycles. The quantitative estimate of drug-likeness (QED) is 0.579. The van der Waals surface area contributed by atoms with Crippen LogP contribution in [0.2, 0.25) is 0 Å². The average Bonchev–Trinajstić information content (AvgIpc) is 2.26. The molecular formula is C9H3F3N2O4. The highest BCUT2D eigenvalue weighted by Gasteiger charge is 2.37. The summed E-state index contributed by atoms with van der Waals surface area (Å²) in [5.41, 5.74) is -2.53. The molecule has 2 aromatic rings. The Kier molecular flexibility index (Phi) is 2.53. The average molecular weight is 260 g/mol. The Morgan fingerprint density at radius 3 is 2.56 bits per heavy atom. The van der Waals surface area contributed by atoms with Crippen LogP contribution >= 0.6 is 0 Å². The number of nitrogens with zero attached hydrogens (tertiary/aromatic N) is 2. The van der Waals surface area contributed by atoms with Gasteiger partial charge in [-0.25, -0.2) is 9.78 Å². The van der Waals surface area contributed by atoms with E-state index in [9.17, 15) is 28.1 Å². The first-order valence-electron chi connectivity index (χ1n) is 4.46. The van der Waals surface area contributed by atoms with Gasteiger partial charge in [-0.1, -0.05) is 6.07 Å². The largest absolute Gasteiger partial charge is 0.469 e. The minimum absolute atomic E-state index is 0.437. The van der Waals surface area contributed by atoms with Crippen LogP contribution in [-0.4, -0.2) is 9.91 Å². The van der Waals surface area contributed by atoms with Crippen molar-refractivity contribution in [1.82, 2.24) is 4.98 Å². The molecule has 0 atom stereocenters. The van der Waals surface area contributed by atoms with Crippen molar-refractivity contribution in [2.75, 3.05) is 0 Å². The van der Waals surface area contributed by atoms with Gasteiger partial charge in [0.1, 0.15) is 0 Å². The fraction of sp³-hybridized carbons (Fsp3) is 0.111. The molecule has 0 fully saturated rings. The Balaban J connectivity index is 2.86. The number of non-ortho nitro benzene ring substituents is 1. The predicted molar refractivity (Wildman–Crippen MR) is 51.9 cm³/mol. The number of hydrogen-bond donors (Lipinski definition) is 0. The Hall–Kier alpha value is -2.45. The van der Waals surface area contributed by atoms with Gasteiger partial charge >= 0.3 is 17.7 Å². The molecule has 0 amide bonds. The number of halogens is 3. The normalized spacial score (nSPS) is 11.7. The second-order valence-corrected chi connectivity index (χ2v) is 3.23. The summed E-state index contributed by atoms with van der Waals surface area (Å²) in [4.78, 5) is 24.1. The summed E-state index contributed by atoms with van der Waals surface area (Å²) >= 11 is 0. The molecule has 1 heterocycles. The molecule has 0 radical (unpaired) electrons. The highest BCUT2D eigenvalue weighted by Crippen LogP contribution is 2.29. The number of fused-ring (bicyclic) bond motifs is 1. The van der Waals surface area contributed by atoms with Crippen LogP contribution in [0.1, 0.15) is 5.89 Å². The van der Waals surface area contributed by atoms with Gasteiger partial charge in [-0.15, -0.1) is 0 Å². The van der Waals surface area contributed by atoms with Crippen LogP contribution in [0.15, 0.2) is 27.4 Å². The van der Waals surface area contributed by atoms with Crippen LogP contribution < -0.4 is 5.63 Å². The summed E-state index contributed by atoms with van der Waals surface area (Å²) in [5.74, 6) is -1.74. The molecular weight excluding hydrogens is 257 g/mol. The summed E-state index contributed by atoms with van der Waals surface area (Å²) in [6.07, 6.45) is -4.93. The van der Waals surface area contributed by atoms with E-state index >= 15 is 0 Å². The molecule has 2 rings (SSSR count). The number of aromatic nitrogens is 1. The molecule has 0 unspecified atom stereocenters. The zero-order valence-corrected chi connectivity index (χ0v) is 8.39. The fourth-order valence-electron chi connectivity index (χ4n) is 1.38. The van der Waals surface area contributed by atoms with E-state index < -0.39 is 39.2 Å². The summed E-state index contributed by atoms with van der Waals surface area (Å²) in [7, 11) is 0. The van der Waals surface area contributed by atoms with E-state index in [0.29, 0.717) is 0 Å². The third-order valence-electron chi connectivity index (χ3n) is 2.08. The molecule has 0 saturated heterocycles. The molecule has 0 spiro atoms. The van der Waals surface area contributed by atoms with E-state index in [1.807, 2.05) is 0 Å². The van der Waals surface area contributed by atoms with Gasteiger partial charge in [0, 0.05) is 6.07 Å². The molecule has 18 heavy (non-hydrogen) atoms. The first-order valence-corrected chi connectivity index (χ1v) is 4.46. The molecule has 0 aliphatic carbocycles. The lowest BCUT2D eigenvalue weighted by Gasteiger charge is -2.04. The molecule has 0 N–H and O–H groups in total. The standard InChI is InChI=1S/C9H3F3N2O4/c10-9(11,12)8-13-4-2-1-3-5(14(16)17)6(4)7(15)18-8/h1-3H. The van der Waals surface area contributed by atoms with Gasteiger partial charge in [-0.2, -0.15) is 13.2 Å². The van der Waals surface area contributed by atoms with Crippen molar-refractivity contribution in [2.24, 2.45) is 0 Å². The van der Waals surface area contributed by atoms with Gasteiger partial charge in [0.15, 0.2) is 5.39 Å². The van der Waals surface area contributed by atoms with Gasteiger partial charge < -0.3 is 4.42 Å². The van der Waals surface area contributed by atoms with Crippen molar-refractivity contribution >= 4 is 16.6 Å². The van der Waals surface area contributed by atoms with Gasteiger partial charge in [0.25, 0.3) is 5.69 Å². The SMILES string of the molecule is O=c1oc(C(F)(F)F)nc2cccc([N+](=O)[O-])c12. The highest BCUT2D eigenvalue weighted by atomic mass is 19.4. The van der Waals surface area contributed by atoms with E-state index in [1.54, 1.807) is 0 Å². The Labute approximate surface area is 95.8 Å². The maximum Gasteiger partial charge on any atom is 0.469 e. The van der Waals surface area contributed by atoms with E-state index in [2.05, 4.69) is 9.40 Å². The number of alkyl halides is 3. The number of nitro benzene ring substituents is 1. The number of rotatable bonds is 1. The molecule has 6 nitrogen and oxygen atoms in total. The molecule has 1 aromatic carbocycles. The Morgan fingerprint density at radius 2 is 2.00 bits per heavy atom. The van der Waals surface area contributed by atoms with Crippen molar-refractivity contribution in [3.63, 3.8) is 0 Å². The van der Waals surface area contributed by atoms with E-state index in [1.165, 1.54) is 0 Å².